The standard InChI is InChI=1S/C32H43N7O4S/c1-20-13-14-22(31(40)34-26-16-23(32(3,4)5)17-27(30(26)43-6)36-44(7,41)42)15-29(20)38-19-28(35-37-38)25-18-33-39(21(25)2)24-11-9-8-10-12-24/h13-19,24,35-37H,8-12H2,1-7H3,(H,34,40). The number of hydrogen-bond donors (Lipinski definition) is 4. The first-order chi connectivity index (χ1) is 20.7. The van der Waals surface area contributed by atoms with Crippen LogP contribution in [-0.4, -0.2) is 37.5 Å². The van der Waals surface area contributed by atoms with Crippen molar-refractivity contribution in [2.75, 3.05) is 28.4 Å². The van der Waals surface area contributed by atoms with E-state index < -0.39 is 10.0 Å². The zero-order chi connectivity index (χ0) is 31.8. The van der Waals surface area contributed by atoms with Crippen LogP contribution in [0.15, 0.2) is 42.7 Å². The lowest BCUT2D eigenvalue weighted by molar-refractivity contribution is 0.102. The molecule has 2 heterocycles. The number of aryl methyl sites for hydroxylation is 1. The third-order valence-electron chi connectivity index (χ3n) is 8.26. The molecule has 2 aromatic carbocycles. The van der Waals surface area contributed by atoms with Gasteiger partial charge in [0.2, 0.25) is 10.0 Å². The van der Waals surface area contributed by atoms with Gasteiger partial charge in [-0.3, -0.25) is 19.2 Å². The fourth-order valence-electron chi connectivity index (χ4n) is 5.82. The van der Waals surface area contributed by atoms with Gasteiger partial charge in [0.05, 0.1) is 48.4 Å². The molecule has 0 unspecified atom stereocenters. The molecular weight excluding hydrogens is 578 g/mol. The summed E-state index contributed by atoms with van der Waals surface area (Å²) in [6.07, 6.45) is 11.1. The predicted octanol–water partition coefficient (Wildman–Crippen LogP) is 5.76. The van der Waals surface area contributed by atoms with E-state index in [1.54, 1.807) is 12.1 Å². The van der Waals surface area contributed by atoms with Gasteiger partial charge >= 0.3 is 0 Å². The van der Waals surface area contributed by atoms with Crippen molar-refractivity contribution in [1.29, 1.82) is 0 Å². The first kappa shape index (κ1) is 31.4. The Morgan fingerprint density at radius 1 is 1.07 bits per heavy atom. The number of carbonyl (C=O) groups is 1. The van der Waals surface area contributed by atoms with E-state index in [1.807, 2.05) is 63.3 Å². The second-order valence-electron chi connectivity index (χ2n) is 12.7. The van der Waals surface area contributed by atoms with E-state index in [2.05, 4.69) is 32.6 Å². The largest absolute Gasteiger partial charge is 0.492 e. The van der Waals surface area contributed by atoms with Gasteiger partial charge in [-0.2, -0.15) is 5.10 Å². The fourth-order valence-corrected chi connectivity index (χ4v) is 6.37. The van der Waals surface area contributed by atoms with Crippen LogP contribution in [0.2, 0.25) is 0 Å². The topological polar surface area (TPSA) is 130 Å². The molecule has 44 heavy (non-hydrogen) atoms. The SMILES string of the molecule is COc1c(NC(=O)c2ccc(C)c(N3C=C(c4cnn(C5CCCCC5)c4C)NN3)c2)cc(C(C)(C)C)cc1NS(C)(=O)=O. The molecule has 3 aromatic rings. The van der Waals surface area contributed by atoms with E-state index >= 15 is 0 Å². The fraction of sp³-hybridized carbons (Fsp3) is 0.438. The third kappa shape index (κ3) is 6.71. The molecular formula is C32H43N7O4S. The second kappa shape index (κ2) is 12.2. The van der Waals surface area contributed by atoms with Gasteiger partial charge in [0.1, 0.15) is 0 Å². The average Bonchev–Trinajstić information content (AvgIpc) is 3.59. The zero-order valence-corrected chi connectivity index (χ0v) is 27.4. The first-order valence-electron chi connectivity index (χ1n) is 14.9. The van der Waals surface area contributed by atoms with E-state index in [0.29, 0.717) is 17.3 Å². The summed E-state index contributed by atoms with van der Waals surface area (Å²) < 4.78 is 34.5. The highest BCUT2D eigenvalue weighted by molar-refractivity contribution is 7.92. The minimum Gasteiger partial charge on any atom is -0.492 e. The van der Waals surface area contributed by atoms with E-state index in [9.17, 15) is 13.2 Å². The molecule has 11 nitrogen and oxygen atoms in total. The highest BCUT2D eigenvalue weighted by Gasteiger charge is 2.25. The van der Waals surface area contributed by atoms with Gasteiger partial charge in [0.15, 0.2) is 5.75 Å². The highest BCUT2D eigenvalue weighted by atomic mass is 32.2. The van der Waals surface area contributed by atoms with Crippen LogP contribution in [-0.2, 0) is 15.4 Å². The maximum absolute atomic E-state index is 13.6. The lowest BCUT2D eigenvalue weighted by atomic mass is 9.86. The summed E-state index contributed by atoms with van der Waals surface area (Å²) in [6.45, 7) is 10.1. The van der Waals surface area contributed by atoms with Crippen molar-refractivity contribution in [2.45, 2.75) is 78.2 Å². The normalized spacial score (nSPS) is 16.0. The lowest BCUT2D eigenvalue weighted by Gasteiger charge is -2.24. The van der Waals surface area contributed by atoms with Gasteiger partial charge in [-0.1, -0.05) is 46.1 Å². The summed E-state index contributed by atoms with van der Waals surface area (Å²) in [6, 6.07) is 9.46. The van der Waals surface area contributed by atoms with Crippen LogP contribution >= 0.6 is 0 Å². The number of carbonyl (C=O) groups excluding carboxylic acids is 1. The summed E-state index contributed by atoms with van der Waals surface area (Å²) in [7, 11) is -2.15. The summed E-state index contributed by atoms with van der Waals surface area (Å²) in [5.41, 5.74) is 12.8. The van der Waals surface area contributed by atoms with E-state index in [4.69, 9.17) is 9.84 Å². The molecule has 1 amide bonds. The molecule has 0 radical (unpaired) electrons. The number of sulfonamides is 1. The monoisotopic (exact) mass is 621 g/mol. The number of aromatic nitrogens is 2. The Kier molecular flexibility index (Phi) is 8.68. The smallest absolute Gasteiger partial charge is 0.255 e. The third-order valence-corrected chi connectivity index (χ3v) is 8.85. The van der Waals surface area contributed by atoms with Gasteiger partial charge in [0, 0.05) is 23.0 Å². The number of benzene rings is 2. The van der Waals surface area contributed by atoms with Crippen molar-refractivity contribution in [3.8, 4) is 5.75 Å². The minimum atomic E-state index is -3.59. The molecule has 1 aromatic heterocycles. The van der Waals surface area contributed by atoms with Crippen molar-refractivity contribution in [3.05, 3.63) is 70.7 Å². The summed E-state index contributed by atoms with van der Waals surface area (Å²) in [5, 5.41) is 9.53. The Morgan fingerprint density at radius 2 is 1.77 bits per heavy atom. The minimum absolute atomic E-state index is 0.228. The number of hydrogen-bond acceptors (Lipinski definition) is 8. The number of hydrazine groups is 2. The Hall–Kier alpha value is -4.03. The van der Waals surface area contributed by atoms with Crippen molar-refractivity contribution >= 4 is 38.7 Å². The van der Waals surface area contributed by atoms with Gasteiger partial charge in [-0.15, -0.1) is 5.53 Å². The number of ether oxygens (including phenoxy) is 1. The number of nitrogens with one attached hydrogen (secondary N) is 4. The molecule has 5 rings (SSSR count). The molecule has 4 N–H and O–H groups in total. The Morgan fingerprint density at radius 3 is 2.43 bits per heavy atom. The number of anilines is 3. The molecule has 0 atom stereocenters. The molecule has 1 saturated carbocycles. The Labute approximate surface area is 260 Å². The van der Waals surface area contributed by atoms with E-state index in [-0.39, 0.29) is 22.8 Å². The van der Waals surface area contributed by atoms with Crippen LogP contribution in [0.1, 0.15) is 91.7 Å². The van der Waals surface area contributed by atoms with Crippen LogP contribution in [0, 0.1) is 13.8 Å². The maximum Gasteiger partial charge on any atom is 0.255 e. The molecule has 0 spiro atoms. The summed E-state index contributed by atoms with van der Waals surface area (Å²) >= 11 is 0. The Balaban J connectivity index is 1.42. The van der Waals surface area contributed by atoms with Crippen LogP contribution in [0.5, 0.6) is 5.75 Å². The molecule has 0 saturated heterocycles. The van der Waals surface area contributed by atoms with Gasteiger partial charge in [0.25, 0.3) is 5.91 Å². The molecule has 2 aliphatic rings. The number of rotatable bonds is 8. The molecule has 12 heteroatoms. The van der Waals surface area contributed by atoms with Crippen LogP contribution < -0.4 is 30.7 Å². The van der Waals surface area contributed by atoms with Crippen molar-refractivity contribution in [3.63, 3.8) is 0 Å². The maximum atomic E-state index is 13.6. The predicted molar refractivity (Wildman–Crippen MR) is 175 cm³/mol. The number of nitrogens with zero attached hydrogens (tertiary/aromatic N) is 3. The lowest BCUT2D eigenvalue weighted by Crippen LogP contribution is -2.36. The average molecular weight is 622 g/mol. The highest BCUT2D eigenvalue weighted by Crippen LogP contribution is 2.39. The van der Waals surface area contributed by atoms with E-state index in [0.717, 1.165) is 52.9 Å². The van der Waals surface area contributed by atoms with Crippen molar-refractivity contribution in [2.24, 2.45) is 0 Å². The van der Waals surface area contributed by atoms with Gasteiger partial charge < -0.3 is 15.5 Å². The molecule has 1 aliphatic heterocycles. The summed E-state index contributed by atoms with van der Waals surface area (Å²) in [5.74, 6) is -0.131. The second-order valence-corrected chi connectivity index (χ2v) is 14.5. The van der Waals surface area contributed by atoms with Crippen LogP contribution in [0.4, 0.5) is 17.1 Å². The molecule has 1 aliphatic carbocycles. The van der Waals surface area contributed by atoms with Crippen molar-refractivity contribution < 1.29 is 17.9 Å². The number of methoxy groups -OCH3 is 1. The van der Waals surface area contributed by atoms with E-state index in [1.165, 1.54) is 26.4 Å². The summed E-state index contributed by atoms with van der Waals surface area (Å²) in [4.78, 5) is 13.6. The van der Waals surface area contributed by atoms with Crippen molar-refractivity contribution in [1.82, 2.24) is 20.7 Å². The Bertz CT molecular complexity index is 1700. The zero-order valence-electron chi connectivity index (χ0n) is 26.5. The quantitative estimate of drug-likeness (QED) is 0.250. The molecule has 236 valence electrons. The van der Waals surface area contributed by atoms with Crippen LogP contribution in [0.3, 0.4) is 0 Å². The molecule has 0 bridgehead atoms. The van der Waals surface area contributed by atoms with Gasteiger partial charge in [-0.25, -0.2) is 8.42 Å². The molecule has 1 fully saturated rings. The van der Waals surface area contributed by atoms with Crippen LogP contribution in [0.25, 0.3) is 5.70 Å². The van der Waals surface area contributed by atoms with Gasteiger partial charge in [-0.05, 0) is 67.5 Å². The first-order valence-corrected chi connectivity index (χ1v) is 16.8. The number of amides is 1.